The highest BCUT2D eigenvalue weighted by Crippen LogP contribution is 2.28. The minimum atomic E-state index is -0.844. The lowest BCUT2D eigenvalue weighted by Gasteiger charge is -2.12. The molecule has 7 nitrogen and oxygen atoms in total. The highest BCUT2D eigenvalue weighted by atomic mass is 79.9. The minimum absolute atomic E-state index is 0.0644. The van der Waals surface area contributed by atoms with Gasteiger partial charge in [0, 0.05) is 6.07 Å². The van der Waals surface area contributed by atoms with Crippen LogP contribution in [0.2, 0.25) is 0 Å². The van der Waals surface area contributed by atoms with Crippen LogP contribution in [0.3, 0.4) is 0 Å². The van der Waals surface area contributed by atoms with Crippen molar-refractivity contribution in [2.24, 2.45) is 0 Å². The van der Waals surface area contributed by atoms with Crippen molar-refractivity contribution in [2.45, 2.75) is 13.0 Å². The van der Waals surface area contributed by atoms with E-state index in [1.54, 1.807) is 0 Å². The van der Waals surface area contributed by atoms with Gasteiger partial charge in [-0.25, -0.2) is 4.79 Å². The number of carbonyl (C=O) groups is 2. The quantitative estimate of drug-likeness (QED) is 0.514. The lowest BCUT2D eigenvalue weighted by molar-refractivity contribution is -0.385. The number of ether oxygens (including phenoxy) is 1. The number of carbonyl (C=O) groups excluding carboxylic acids is 2. The number of amides is 1. The van der Waals surface area contributed by atoms with Gasteiger partial charge in [-0.15, -0.1) is 0 Å². The summed E-state index contributed by atoms with van der Waals surface area (Å²) in [4.78, 5) is 33.2. The third-order valence-electron chi connectivity index (χ3n) is 2.32. The van der Waals surface area contributed by atoms with Crippen LogP contribution in [0.1, 0.15) is 17.3 Å². The van der Waals surface area contributed by atoms with Crippen molar-refractivity contribution in [3.05, 3.63) is 38.3 Å². The molecule has 0 heterocycles. The predicted octanol–water partition coefficient (Wildman–Crippen LogP) is 1.65. The first-order chi connectivity index (χ1) is 8.88. The molecule has 0 fully saturated rings. The molecule has 102 valence electrons. The number of esters is 1. The molecule has 0 aliphatic heterocycles. The normalized spacial score (nSPS) is 11.5. The third kappa shape index (κ3) is 3.50. The Balaban J connectivity index is 2.98. The van der Waals surface area contributed by atoms with Gasteiger partial charge in [-0.3, -0.25) is 14.9 Å². The van der Waals surface area contributed by atoms with Crippen molar-refractivity contribution < 1.29 is 19.2 Å². The molecule has 0 spiro atoms. The summed E-state index contributed by atoms with van der Waals surface area (Å²) in [5, 5.41) is 13.1. The monoisotopic (exact) mass is 330 g/mol. The van der Waals surface area contributed by atoms with Crippen LogP contribution in [-0.4, -0.2) is 30.0 Å². The lowest BCUT2D eigenvalue weighted by Crippen LogP contribution is -2.39. The molecule has 0 aliphatic carbocycles. The molecule has 1 aromatic carbocycles. The second kappa shape index (κ2) is 6.28. The van der Waals surface area contributed by atoms with Gasteiger partial charge in [-0.2, -0.15) is 0 Å². The molecule has 0 bridgehead atoms. The van der Waals surface area contributed by atoms with Crippen LogP contribution >= 0.6 is 15.9 Å². The second-order valence-electron chi connectivity index (χ2n) is 3.61. The standard InChI is InChI=1S/C11H11BrN2O5/c1-6(11(16)19-2)13-10(15)7-4-3-5-8(9(7)12)14(17)18/h3-6H,1-2H3,(H,13,15)/t6-/m0/s1. The van der Waals surface area contributed by atoms with E-state index in [1.807, 2.05) is 0 Å². The zero-order chi connectivity index (χ0) is 14.6. The van der Waals surface area contributed by atoms with Crippen molar-refractivity contribution in [3.8, 4) is 0 Å². The van der Waals surface area contributed by atoms with Gasteiger partial charge in [-0.1, -0.05) is 6.07 Å². The first kappa shape index (κ1) is 15.1. The van der Waals surface area contributed by atoms with Gasteiger partial charge in [0.15, 0.2) is 0 Å². The summed E-state index contributed by atoms with van der Waals surface area (Å²) in [6.45, 7) is 1.45. The van der Waals surface area contributed by atoms with Gasteiger partial charge < -0.3 is 10.1 Å². The Labute approximate surface area is 117 Å². The highest BCUT2D eigenvalue weighted by Gasteiger charge is 2.22. The van der Waals surface area contributed by atoms with Gasteiger partial charge in [0.1, 0.15) is 10.5 Å². The van der Waals surface area contributed by atoms with E-state index in [0.29, 0.717) is 0 Å². The number of hydrogen-bond acceptors (Lipinski definition) is 5. The van der Waals surface area contributed by atoms with Crippen molar-refractivity contribution in [1.82, 2.24) is 5.32 Å². The Morgan fingerprint density at radius 1 is 1.47 bits per heavy atom. The van der Waals surface area contributed by atoms with E-state index in [0.717, 1.165) is 0 Å². The number of nitrogens with one attached hydrogen (secondary N) is 1. The molecule has 19 heavy (non-hydrogen) atoms. The van der Waals surface area contributed by atoms with E-state index >= 15 is 0 Å². The smallest absolute Gasteiger partial charge is 0.328 e. The van der Waals surface area contributed by atoms with E-state index in [9.17, 15) is 19.7 Å². The van der Waals surface area contributed by atoms with Gasteiger partial charge >= 0.3 is 5.97 Å². The molecule has 0 unspecified atom stereocenters. The Morgan fingerprint density at radius 2 is 2.11 bits per heavy atom. The summed E-state index contributed by atoms with van der Waals surface area (Å²) in [5.41, 5.74) is -0.150. The van der Waals surface area contributed by atoms with Gasteiger partial charge in [0.05, 0.1) is 17.6 Å². The Bertz CT molecular complexity index is 532. The molecule has 0 radical (unpaired) electrons. The summed E-state index contributed by atoms with van der Waals surface area (Å²) in [6, 6.07) is 3.23. The minimum Gasteiger partial charge on any atom is -0.467 e. The fraction of sp³-hybridized carbons (Fsp3) is 0.273. The van der Waals surface area contributed by atoms with Crippen LogP contribution in [0.4, 0.5) is 5.69 Å². The topological polar surface area (TPSA) is 98.5 Å². The van der Waals surface area contributed by atoms with Crippen molar-refractivity contribution in [1.29, 1.82) is 0 Å². The molecule has 1 atom stereocenters. The van der Waals surface area contributed by atoms with Crippen LogP contribution in [0.5, 0.6) is 0 Å². The SMILES string of the molecule is COC(=O)[C@H](C)NC(=O)c1cccc([N+](=O)[O-])c1Br. The van der Waals surface area contributed by atoms with Gasteiger partial charge in [0.25, 0.3) is 11.6 Å². The maximum Gasteiger partial charge on any atom is 0.328 e. The molecule has 1 aromatic rings. The lowest BCUT2D eigenvalue weighted by atomic mass is 10.2. The molecule has 1 rings (SSSR count). The summed E-state index contributed by atoms with van der Waals surface area (Å²) in [5.74, 6) is -1.21. The van der Waals surface area contributed by atoms with Crippen LogP contribution in [0, 0.1) is 10.1 Å². The molecule has 8 heteroatoms. The number of hydrogen-bond donors (Lipinski definition) is 1. The van der Waals surface area contributed by atoms with E-state index in [4.69, 9.17) is 0 Å². The molecular formula is C11H11BrN2O5. The van der Waals surface area contributed by atoms with E-state index < -0.39 is 22.8 Å². The van der Waals surface area contributed by atoms with E-state index in [1.165, 1.54) is 32.2 Å². The van der Waals surface area contributed by atoms with Crippen molar-refractivity contribution in [3.63, 3.8) is 0 Å². The summed E-state index contributed by atoms with van der Waals surface area (Å²) >= 11 is 3.01. The number of nitrogens with zero attached hydrogens (tertiary/aromatic N) is 1. The molecule has 0 aromatic heterocycles. The third-order valence-corrected chi connectivity index (χ3v) is 3.16. The largest absolute Gasteiger partial charge is 0.467 e. The zero-order valence-corrected chi connectivity index (χ0v) is 11.8. The Morgan fingerprint density at radius 3 is 2.63 bits per heavy atom. The van der Waals surface area contributed by atoms with Crippen LogP contribution < -0.4 is 5.32 Å². The molecule has 0 aliphatic rings. The average molecular weight is 331 g/mol. The Hall–Kier alpha value is -1.96. The van der Waals surface area contributed by atoms with Gasteiger partial charge in [0.2, 0.25) is 0 Å². The van der Waals surface area contributed by atoms with Crippen LogP contribution in [-0.2, 0) is 9.53 Å². The molecule has 0 saturated heterocycles. The summed E-state index contributed by atoms with van der Waals surface area (Å²) in [6.07, 6.45) is 0. The van der Waals surface area contributed by atoms with Crippen molar-refractivity contribution >= 4 is 33.5 Å². The summed E-state index contributed by atoms with van der Waals surface area (Å²) in [7, 11) is 1.20. The Kier molecular flexibility index (Phi) is 4.99. The first-order valence-corrected chi connectivity index (χ1v) is 5.99. The zero-order valence-electron chi connectivity index (χ0n) is 10.2. The first-order valence-electron chi connectivity index (χ1n) is 5.20. The number of benzene rings is 1. The number of rotatable bonds is 4. The van der Waals surface area contributed by atoms with E-state index in [-0.39, 0.29) is 15.7 Å². The summed E-state index contributed by atoms with van der Waals surface area (Å²) < 4.78 is 4.53. The second-order valence-corrected chi connectivity index (χ2v) is 4.41. The van der Waals surface area contributed by atoms with Crippen LogP contribution in [0.25, 0.3) is 0 Å². The molecule has 1 amide bonds. The predicted molar refractivity (Wildman–Crippen MR) is 69.7 cm³/mol. The van der Waals surface area contributed by atoms with Crippen molar-refractivity contribution in [2.75, 3.05) is 7.11 Å². The number of nitro benzene ring substituents is 1. The van der Waals surface area contributed by atoms with Crippen LogP contribution in [0.15, 0.2) is 22.7 Å². The number of nitro groups is 1. The fourth-order valence-corrected chi connectivity index (χ4v) is 1.94. The highest BCUT2D eigenvalue weighted by molar-refractivity contribution is 9.10. The number of methoxy groups -OCH3 is 1. The fourth-order valence-electron chi connectivity index (χ4n) is 1.35. The van der Waals surface area contributed by atoms with E-state index in [2.05, 4.69) is 26.0 Å². The maximum absolute atomic E-state index is 11.9. The average Bonchev–Trinajstić information content (AvgIpc) is 2.37. The number of halogens is 1. The molecule has 1 N–H and O–H groups in total. The molecule has 0 saturated carbocycles. The van der Waals surface area contributed by atoms with Gasteiger partial charge in [-0.05, 0) is 28.9 Å². The maximum atomic E-state index is 11.9. The molecular weight excluding hydrogens is 320 g/mol.